The van der Waals surface area contributed by atoms with Crippen molar-refractivity contribution < 1.29 is 19.4 Å². The van der Waals surface area contributed by atoms with Crippen LogP contribution in [-0.2, 0) is 14.3 Å². The summed E-state index contributed by atoms with van der Waals surface area (Å²) in [5, 5.41) is 9.10. The van der Waals surface area contributed by atoms with Crippen LogP contribution in [0.1, 0.15) is 19.8 Å². The van der Waals surface area contributed by atoms with E-state index >= 15 is 0 Å². The Morgan fingerprint density at radius 1 is 1.53 bits per heavy atom. The molecule has 0 aromatic heterocycles. The van der Waals surface area contributed by atoms with Gasteiger partial charge in [-0.05, 0) is 25.5 Å². The second-order valence-corrected chi connectivity index (χ2v) is 6.21. The van der Waals surface area contributed by atoms with Gasteiger partial charge in [-0.3, -0.25) is 4.79 Å². The Bertz CT molecular complexity index is 327. The van der Waals surface area contributed by atoms with E-state index in [0.717, 1.165) is 18.6 Å². The Labute approximate surface area is 104 Å². The van der Waals surface area contributed by atoms with E-state index in [-0.39, 0.29) is 12.5 Å². The molecule has 5 nitrogen and oxygen atoms in total. The van der Waals surface area contributed by atoms with Gasteiger partial charge in [-0.2, -0.15) is 0 Å². The molecule has 17 heavy (non-hydrogen) atoms. The fraction of sp³-hybridized carbons (Fsp3) is 0.818. The lowest BCUT2D eigenvalue weighted by molar-refractivity contribution is -0.159. The molecule has 2 aliphatic rings. The van der Waals surface area contributed by atoms with Crippen LogP contribution in [0.5, 0.6) is 0 Å². The molecule has 2 heterocycles. The molecular formula is C11H17NO4S. The molecule has 1 N–H and O–H groups in total. The minimum absolute atomic E-state index is 0.0456. The number of aliphatic carboxylic acids is 1. The fourth-order valence-corrected chi connectivity index (χ4v) is 3.57. The smallest absolute Gasteiger partial charge is 0.328 e. The summed E-state index contributed by atoms with van der Waals surface area (Å²) in [4.78, 5) is 25.0. The number of hydrogen-bond acceptors (Lipinski definition) is 4. The number of rotatable bonds is 2. The summed E-state index contributed by atoms with van der Waals surface area (Å²) in [5.41, 5.74) is 0. The highest BCUT2D eigenvalue weighted by atomic mass is 32.2. The van der Waals surface area contributed by atoms with Crippen LogP contribution in [-0.4, -0.2) is 58.2 Å². The monoisotopic (exact) mass is 259 g/mol. The van der Waals surface area contributed by atoms with Gasteiger partial charge in [-0.25, -0.2) is 4.79 Å². The summed E-state index contributed by atoms with van der Waals surface area (Å²) < 4.78 is 4.70. The molecule has 2 atom stereocenters. The minimum atomic E-state index is -0.982. The Morgan fingerprint density at radius 2 is 2.29 bits per heavy atom. The van der Waals surface area contributed by atoms with E-state index in [1.54, 1.807) is 11.8 Å². The van der Waals surface area contributed by atoms with Crippen molar-refractivity contribution in [3.8, 4) is 0 Å². The molecule has 6 heteroatoms. The SMILES string of the molecule is CC1(C(=O)N2CCOCC2C(=O)O)CCCS1. The van der Waals surface area contributed by atoms with Crippen LogP contribution in [0.4, 0.5) is 0 Å². The van der Waals surface area contributed by atoms with Crippen LogP contribution in [0, 0.1) is 0 Å². The molecule has 0 aliphatic carbocycles. The number of hydrogen-bond donors (Lipinski definition) is 1. The van der Waals surface area contributed by atoms with Gasteiger partial charge in [0, 0.05) is 6.54 Å². The molecule has 1 amide bonds. The van der Waals surface area contributed by atoms with Crippen LogP contribution < -0.4 is 0 Å². The number of amides is 1. The Hall–Kier alpha value is -0.750. The third kappa shape index (κ3) is 2.42. The zero-order valence-corrected chi connectivity index (χ0v) is 10.7. The first-order valence-electron chi connectivity index (χ1n) is 5.80. The summed E-state index contributed by atoms with van der Waals surface area (Å²) in [6.07, 6.45) is 1.86. The molecule has 2 rings (SSSR count). The molecule has 0 bridgehead atoms. The van der Waals surface area contributed by atoms with Gasteiger partial charge in [-0.1, -0.05) is 0 Å². The van der Waals surface area contributed by atoms with E-state index < -0.39 is 16.8 Å². The summed E-state index contributed by atoms with van der Waals surface area (Å²) in [5.74, 6) is -0.0510. The molecule has 2 unspecified atom stereocenters. The topological polar surface area (TPSA) is 66.8 Å². The molecule has 0 aromatic carbocycles. The van der Waals surface area contributed by atoms with Crippen LogP contribution in [0.3, 0.4) is 0 Å². The zero-order chi connectivity index (χ0) is 12.5. The molecule has 96 valence electrons. The second kappa shape index (κ2) is 4.86. The third-order valence-electron chi connectivity index (χ3n) is 3.35. The van der Waals surface area contributed by atoms with Crippen molar-refractivity contribution in [3.05, 3.63) is 0 Å². The molecule has 0 spiro atoms. The Morgan fingerprint density at radius 3 is 2.88 bits per heavy atom. The van der Waals surface area contributed by atoms with Gasteiger partial charge in [0.1, 0.15) is 0 Å². The lowest BCUT2D eigenvalue weighted by Gasteiger charge is -2.37. The van der Waals surface area contributed by atoms with Crippen molar-refractivity contribution in [2.24, 2.45) is 0 Å². The van der Waals surface area contributed by atoms with Crippen LogP contribution in [0.2, 0.25) is 0 Å². The first-order valence-corrected chi connectivity index (χ1v) is 6.79. The van der Waals surface area contributed by atoms with Gasteiger partial charge >= 0.3 is 5.97 Å². The van der Waals surface area contributed by atoms with Gasteiger partial charge in [0.05, 0.1) is 18.0 Å². The van der Waals surface area contributed by atoms with Crippen LogP contribution in [0.15, 0.2) is 0 Å². The predicted octanol–water partition coefficient (Wildman–Crippen LogP) is 0.584. The van der Waals surface area contributed by atoms with Gasteiger partial charge < -0.3 is 14.7 Å². The highest BCUT2D eigenvalue weighted by molar-refractivity contribution is 8.01. The van der Waals surface area contributed by atoms with Crippen LogP contribution in [0.25, 0.3) is 0 Å². The lowest BCUT2D eigenvalue weighted by atomic mass is 10.0. The van der Waals surface area contributed by atoms with E-state index in [4.69, 9.17) is 9.84 Å². The van der Waals surface area contributed by atoms with Crippen molar-refractivity contribution in [1.29, 1.82) is 0 Å². The van der Waals surface area contributed by atoms with Gasteiger partial charge in [-0.15, -0.1) is 11.8 Å². The van der Waals surface area contributed by atoms with Gasteiger partial charge in [0.15, 0.2) is 6.04 Å². The first-order chi connectivity index (χ1) is 8.04. The summed E-state index contributed by atoms with van der Waals surface area (Å²) >= 11 is 1.64. The number of carbonyl (C=O) groups is 2. The maximum Gasteiger partial charge on any atom is 0.328 e. The average Bonchev–Trinajstić information content (AvgIpc) is 2.76. The molecular weight excluding hydrogens is 242 g/mol. The molecule has 0 radical (unpaired) electrons. The fourth-order valence-electron chi connectivity index (χ4n) is 2.30. The summed E-state index contributed by atoms with van der Waals surface area (Å²) in [7, 11) is 0. The van der Waals surface area contributed by atoms with Gasteiger partial charge in [0.25, 0.3) is 0 Å². The van der Waals surface area contributed by atoms with Crippen molar-refractivity contribution in [2.75, 3.05) is 25.5 Å². The van der Waals surface area contributed by atoms with E-state index in [9.17, 15) is 9.59 Å². The van der Waals surface area contributed by atoms with Crippen molar-refractivity contribution >= 4 is 23.6 Å². The van der Waals surface area contributed by atoms with Gasteiger partial charge in [0.2, 0.25) is 5.91 Å². The highest BCUT2D eigenvalue weighted by Crippen LogP contribution is 2.39. The largest absolute Gasteiger partial charge is 0.480 e. The lowest BCUT2D eigenvalue weighted by Crippen LogP contribution is -2.57. The first kappa shape index (κ1) is 12.7. The summed E-state index contributed by atoms with van der Waals surface area (Å²) in [6.45, 7) is 2.82. The zero-order valence-electron chi connectivity index (χ0n) is 9.85. The van der Waals surface area contributed by atoms with E-state index in [1.165, 1.54) is 4.90 Å². The molecule has 2 aliphatic heterocycles. The second-order valence-electron chi connectivity index (χ2n) is 4.61. The molecule has 0 saturated carbocycles. The number of morpholine rings is 1. The standard InChI is InChI=1S/C11H17NO4S/c1-11(3-2-6-17-11)10(15)12-4-5-16-7-8(12)9(13)14/h8H,2-7H2,1H3,(H,13,14). The Balaban J connectivity index is 2.13. The number of carboxylic acids is 1. The van der Waals surface area contributed by atoms with Crippen molar-refractivity contribution in [2.45, 2.75) is 30.6 Å². The van der Waals surface area contributed by atoms with Crippen molar-refractivity contribution in [3.63, 3.8) is 0 Å². The highest BCUT2D eigenvalue weighted by Gasteiger charge is 2.44. The van der Waals surface area contributed by atoms with Crippen LogP contribution >= 0.6 is 11.8 Å². The van der Waals surface area contributed by atoms with E-state index in [1.807, 2.05) is 6.92 Å². The number of thioether (sulfide) groups is 1. The predicted molar refractivity (Wildman–Crippen MR) is 64.1 cm³/mol. The minimum Gasteiger partial charge on any atom is -0.480 e. The maximum absolute atomic E-state index is 12.4. The quantitative estimate of drug-likeness (QED) is 0.786. The number of carbonyl (C=O) groups excluding carboxylic acids is 1. The van der Waals surface area contributed by atoms with Crippen molar-refractivity contribution in [1.82, 2.24) is 4.90 Å². The normalized spacial score (nSPS) is 33.7. The molecule has 2 saturated heterocycles. The maximum atomic E-state index is 12.4. The number of nitrogens with zero attached hydrogens (tertiary/aromatic N) is 1. The number of carboxylic acid groups (broad SMARTS) is 1. The summed E-state index contributed by atoms with van der Waals surface area (Å²) in [6, 6.07) is -0.825. The number of ether oxygens (including phenoxy) is 1. The average molecular weight is 259 g/mol. The van der Waals surface area contributed by atoms with E-state index in [2.05, 4.69) is 0 Å². The third-order valence-corrected chi connectivity index (χ3v) is 4.85. The molecule has 0 aromatic rings. The van der Waals surface area contributed by atoms with E-state index in [0.29, 0.717) is 13.2 Å². The Kier molecular flexibility index (Phi) is 3.63. The molecule has 2 fully saturated rings.